The third kappa shape index (κ3) is 6.12. The van der Waals surface area contributed by atoms with Gasteiger partial charge < -0.3 is 14.5 Å². The van der Waals surface area contributed by atoms with Gasteiger partial charge in [0.2, 0.25) is 11.8 Å². The summed E-state index contributed by atoms with van der Waals surface area (Å²) in [6.07, 6.45) is 0. The fraction of sp³-hybridized carbons (Fsp3) is 0.304. The summed E-state index contributed by atoms with van der Waals surface area (Å²) in [4.78, 5) is 16.7. The van der Waals surface area contributed by atoms with Crippen LogP contribution in [0.5, 0.6) is 5.75 Å². The lowest BCUT2D eigenvalue weighted by molar-refractivity contribution is -0.118. The third-order valence-corrected chi connectivity index (χ3v) is 5.33. The van der Waals surface area contributed by atoms with Crippen LogP contribution in [0.3, 0.4) is 0 Å². The Labute approximate surface area is 175 Å². The summed E-state index contributed by atoms with van der Waals surface area (Å²) in [7, 11) is 0. The van der Waals surface area contributed by atoms with Crippen LogP contribution in [0.25, 0.3) is 11.5 Å². The molecule has 1 aromatic heterocycles. The number of aryl methyl sites for hydroxylation is 2. The predicted molar refractivity (Wildman–Crippen MR) is 117 cm³/mol. The monoisotopic (exact) mass is 410 g/mol. The molecule has 3 aromatic rings. The molecule has 1 heterocycles. The number of hydrogen-bond donors (Lipinski definition) is 1. The minimum Gasteiger partial charge on any atom is -0.494 e. The van der Waals surface area contributed by atoms with Gasteiger partial charge in [-0.3, -0.25) is 4.79 Å². The van der Waals surface area contributed by atoms with Crippen LogP contribution in [0.4, 0.5) is 0 Å². The highest BCUT2D eigenvalue weighted by atomic mass is 32.2. The molecular formula is C23H26N2O3S. The zero-order valence-corrected chi connectivity index (χ0v) is 17.8. The van der Waals surface area contributed by atoms with Gasteiger partial charge in [-0.2, -0.15) is 0 Å². The first-order chi connectivity index (χ1) is 14.0. The summed E-state index contributed by atoms with van der Waals surface area (Å²) in [5, 5.41) is 2.95. The maximum Gasteiger partial charge on any atom is 0.230 e. The van der Waals surface area contributed by atoms with Gasteiger partial charge in [0.05, 0.1) is 18.1 Å². The quantitative estimate of drug-likeness (QED) is 0.543. The van der Waals surface area contributed by atoms with Crippen molar-refractivity contribution in [1.29, 1.82) is 0 Å². The number of rotatable bonds is 9. The van der Waals surface area contributed by atoms with Gasteiger partial charge in [0.15, 0.2) is 0 Å². The molecule has 0 aliphatic carbocycles. The molecule has 152 valence electrons. The van der Waals surface area contributed by atoms with E-state index in [1.165, 1.54) is 17.3 Å². The number of thioether (sulfide) groups is 1. The lowest BCUT2D eigenvalue weighted by atomic mass is 10.1. The SMILES string of the molecule is CCOc1ccc(-c2nc(CSCC(=O)NCc3ccc(C)cc3)c(C)o2)cc1. The van der Waals surface area contributed by atoms with Crippen LogP contribution in [0.2, 0.25) is 0 Å². The highest BCUT2D eigenvalue weighted by Crippen LogP contribution is 2.26. The minimum atomic E-state index is 0.0171. The average molecular weight is 411 g/mol. The van der Waals surface area contributed by atoms with Crippen molar-refractivity contribution in [1.82, 2.24) is 10.3 Å². The number of aromatic nitrogens is 1. The number of benzene rings is 2. The van der Waals surface area contributed by atoms with Crippen molar-refractivity contribution in [3.8, 4) is 17.2 Å². The fourth-order valence-electron chi connectivity index (χ4n) is 2.74. The van der Waals surface area contributed by atoms with Gasteiger partial charge in [0.25, 0.3) is 0 Å². The molecule has 0 aliphatic heterocycles. The average Bonchev–Trinajstić information content (AvgIpc) is 3.09. The van der Waals surface area contributed by atoms with E-state index in [1.54, 1.807) is 0 Å². The predicted octanol–water partition coefficient (Wildman–Crippen LogP) is 4.91. The van der Waals surface area contributed by atoms with Crippen molar-refractivity contribution in [2.45, 2.75) is 33.1 Å². The molecule has 3 rings (SSSR count). The highest BCUT2D eigenvalue weighted by Gasteiger charge is 2.12. The summed E-state index contributed by atoms with van der Waals surface area (Å²) < 4.78 is 11.3. The number of nitrogens with one attached hydrogen (secondary N) is 1. The van der Waals surface area contributed by atoms with E-state index >= 15 is 0 Å². The number of hydrogen-bond acceptors (Lipinski definition) is 5. The molecule has 0 saturated heterocycles. The van der Waals surface area contributed by atoms with Crippen LogP contribution in [-0.4, -0.2) is 23.3 Å². The topological polar surface area (TPSA) is 64.4 Å². The Hall–Kier alpha value is -2.73. The Bertz CT molecular complexity index is 934. The summed E-state index contributed by atoms with van der Waals surface area (Å²) in [5.74, 6) is 3.22. The van der Waals surface area contributed by atoms with E-state index in [2.05, 4.69) is 10.3 Å². The van der Waals surface area contributed by atoms with E-state index in [-0.39, 0.29) is 5.91 Å². The first-order valence-electron chi connectivity index (χ1n) is 9.64. The van der Waals surface area contributed by atoms with Gasteiger partial charge >= 0.3 is 0 Å². The standard InChI is InChI=1S/C23H26N2O3S/c1-4-27-20-11-9-19(10-12-20)23-25-21(17(3)28-23)14-29-15-22(26)24-13-18-7-5-16(2)6-8-18/h5-12H,4,13-15H2,1-3H3,(H,24,26). The molecule has 0 fully saturated rings. The van der Waals surface area contributed by atoms with Crippen molar-refractivity contribution >= 4 is 17.7 Å². The van der Waals surface area contributed by atoms with Crippen LogP contribution in [0, 0.1) is 13.8 Å². The van der Waals surface area contributed by atoms with E-state index in [4.69, 9.17) is 9.15 Å². The summed E-state index contributed by atoms with van der Waals surface area (Å²) in [6.45, 7) is 7.09. The maximum atomic E-state index is 12.1. The zero-order valence-electron chi connectivity index (χ0n) is 17.0. The second-order valence-corrected chi connectivity index (χ2v) is 7.72. The molecular weight excluding hydrogens is 384 g/mol. The second-order valence-electron chi connectivity index (χ2n) is 6.73. The maximum absolute atomic E-state index is 12.1. The summed E-state index contributed by atoms with van der Waals surface area (Å²) in [5.41, 5.74) is 4.08. The van der Waals surface area contributed by atoms with Crippen molar-refractivity contribution in [2.75, 3.05) is 12.4 Å². The molecule has 29 heavy (non-hydrogen) atoms. The molecule has 0 atom stereocenters. The van der Waals surface area contributed by atoms with Gasteiger partial charge in [-0.05, 0) is 50.6 Å². The Morgan fingerprint density at radius 2 is 1.83 bits per heavy atom. The fourth-order valence-corrected chi connectivity index (χ4v) is 3.59. The van der Waals surface area contributed by atoms with Gasteiger partial charge in [0, 0.05) is 17.9 Å². The van der Waals surface area contributed by atoms with Crippen molar-refractivity contribution < 1.29 is 13.9 Å². The second kappa shape index (κ2) is 10.2. The van der Waals surface area contributed by atoms with Crippen molar-refractivity contribution in [2.24, 2.45) is 0 Å². The molecule has 0 bridgehead atoms. The van der Waals surface area contributed by atoms with E-state index in [9.17, 15) is 4.79 Å². The number of ether oxygens (including phenoxy) is 1. The number of carbonyl (C=O) groups excluding carboxylic acids is 1. The molecule has 0 aliphatic rings. The number of nitrogens with zero attached hydrogens (tertiary/aromatic N) is 1. The summed E-state index contributed by atoms with van der Waals surface area (Å²) in [6, 6.07) is 15.8. The normalized spacial score (nSPS) is 10.7. The zero-order chi connectivity index (χ0) is 20.6. The lowest BCUT2D eigenvalue weighted by Crippen LogP contribution is -2.24. The Balaban J connectivity index is 1.48. The van der Waals surface area contributed by atoms with E-state index in [0.717, 1.165) is 28.3 Å². The molecule has 2 aromatic carbocycles. The largest absolute Gasteiger partial charge is 0.494 e. The van der Waals surface area contributed by atoms with Gasteiger partial charge in [-0.15, -0.1) is 11.8 Å². The Morgan fingerprint density at radius 3 is 2.52 bits per heavy atom. The lowest BCUT2D eigenvalue weighted by Gasteiger charge is -2.05. The highest BCUT2D eigenvalue weighted by molar-refractivity contribution is 7.99. The first kappa shape index (κ1) is 21.0. The Morgan fingerprint density at radius 1 is 1.10 bits per heavy atom. The van der Waals surface area contributed by atoms with Gasteiger partial charge in [-0.25, -0.2) is 4.98 Å². The molecule has 0 spiro atoms. The van der Waals surface area contributed by atoms with Crippen LogP contribution >= 0.6 is 11.8 Å². The molecule has 6 heteroatoms. The molecule has 0 unspecified atom stereocenters. The van der Waals surface area contributed by atoms with Crippen molar-refractivity contribution in [3.05, 3.63) is 71.1 Å². The van der Waals surface area contributed by atoms with Crippen LogP contribution < -0.4 is 10.1 Å². The smallest absolute Gasteiger partial charge is 0.230 e. The van der Waals surface area contributed by atoms with Gasteiger partial charge in [-0.1, -0.05) is 29.8 Å². The molecule has 1 N–H and O–H groups in total. The van der Waals surface area contributed by atoms with E-state index < -0.39 is 0 Å². The third-order valence-electron chi connectivity index (χ3n) is 4.39. The number of amides is 1. The Kier molecular flexibility index (Phi) is 7.36. The van der Waals surface area contributed by atoms with Crippen LogP contribution in [0.1, 0.15) is 29.5 Å². The van der Waals surface area contributed by atoms with Gasteiger partial charge in [0.1, 0.15) is 11.5 Å². The number of oxazole rings is 1. The molecule has 0 saturated carbocycles. The van der Waals surface area contributed by atoms with Crippen molar-refractivity contribution in [3.63, 3.8) is 0 Å². The van der Waals surface area contributed by atoms with Crippen LogP contribution in [-0.2, 0) is 17.1 Å². The molecule has 1 amide bonds. The molecule has 0 radical (unpaired) electrons. The van der Waals surface area contributed by atoms with E-state index in [1.807, 2.05) is 69.3 Å². The molecule has 5 nitrogen and oxygen atoms in total. The first-order valence-corrected chi connectivity index (χ1v) is 10.8. The van der Waals surface area contributed by atoms with Crippen LogP contribution in [0.15, 0.2) is 52.9 Å². The minimum absolute atomic E-state index is 0.0171. The summed E-state index contributed by atoms with van der Waals surface area (Å²) >= 11 is 1.53. The number of carbonyl (C=O) groups is 1. The van der Waals surface area contributed by atoms with E-state index in [0.29, 0.717) is 30.5 Å².